The van der Waals surface area contributed by atoms with E-state index in [9.17, 15) is 0 Å². The average molecular weight is 230 g/mol. The number of thiophene rings is 1. The van der Waals surface area contributed by atoms with Crippen LogP contribution >= 0.6 is 11.3 Å². The Morgan fingerprint density at radius 3 is 3.06 bits per heavy atom. The Balaban J connectivity index is 2.23. The fourth-order valence-electron chi connectivity index (χ4n) is 1.65. The molecule has 0 aliphatic carbocycles. The number of hydrogen-bond acceptors (Lipinski definition) is 4. The molecule has 0 fully saturated rings. The summed E-state index contributed by atoms with van der Waals surface area (Å²) in [6.45, 7) is 2.01. The molecule has 3 aromatic heterocycles. The minimum Gasteiger partial charge on any atom is -0.390 e. The van der Waals surface area contributed by atoms with Crippen molar-refractivity contribution in [3.05, 3.63) is 29.3 Å². The molecule has 0 saturated carbocycles. The number of aryl methyl sites for hydroxylation is 1. The lowest BCUT2D eigenvalue weighted by atomic mass is 10.3. The van der Waals surface area contributed by atoms with Crippen molar-refractivity contribution in [1.29, 1.82) is 0 Å². The van der Waals surface area contributed by atoms with Crippen molar-refractivity contribution in [3.63, 3.8) is 0 Å². The molecule has 3 rings (SSSR count). The highest BCUT2D eigenvalue weighted by Gasteiger charge is 2.09. The van der Waals surface area contributed by atoms with Gasteiger partial charge in [0.2, 0.25) is 0 Å². The van der Waals surface area contributed by atoms with Crippen LogP contribution in [0.2, 0.25) is 0 Å². The van der Waals surface area contributed by atoms with Gasteiger partial charge in [-0.25, -0.2) is 9.97 Å². The van der Waals surface area contributed by atoms with Gasteiger partial charge in [0, 0.05) is 6.20 Å². The van der Waals surface area contributed by atoms with Gasteiger partial charge in [-0.3, -0.25) is 0 Å². The van der Waals surface area contributed by atoms with Crippen LogP contribution < -0.4 is 5.73 Å². The summed E-state index contributed by atoms with van der Waals surface area (Å²) in [5.41, 5.74) is 9.59. The van der Waals surface area contributed by atoms with E-state index >= 15 is 0 Å². The van der Waals surface area contributed by atoms with Gasteiger partial charge < -0.3 is 10.7 Å². The molecule has 0 saturated heterocycles. The van der Waals surface area contributed by atoms with Crippen molar-refractivity contribution in [2.75, 3.05) is 5.73 Å². The van der Waals surface area contributed by atoms with Crippen molar-refractivity contribution in [2.45, 2.75) is 6.92 Å². The van der Waals surface area contributed by atoms with Gasteiger partial charge in [0.05, 0.1) is 16.1 Å². The topological polar surface area (TPSA) is 67.6 Å². The molecule has 0 aliphatic heterocycles. The second kappa shape index (κ2) is 3.31. The number of imidazole rings is 1. The number of pyridine rings is 1. The van der Waals surface area contributed by atoms with Gasteiger partial charge in [-0.05, 0) is 30.0 Å². The van der Waals surface area contributed by atoms with E-state index in [2.05, 4.69) is 15.0 Å². The maximum Gasteiger partial charge on any atom is 0.178 e. The monoisotopic (exact) mass is 230 g/mol. The van der Waals surface area contributed by atoms with E-state index in [1.807, 2.05) is 30.6 Å². The summed E-state index contributed by atoms with van der Waals surface area (Å²) in [5, 5.41) is 2.73. The van der Waals surface area contributed by atoms with Crippen molar-refractivity contribution >= 4 is 27.5 Å². The summed E-state index contributed by atoms with van der Waals surface area (Å²) in [5.74, 6) is 0.784. The summed E-state index contributed by atoms with van der Waals surface area (Å²) >= 11 is 1.51. The Morgan fingerprint density at radius 2 is 2.31 bits per heavy atom. The second-order valence-electron chi connectivity index (χ2n) is 3.67. The van der Waals surface area contributed by atoms with E-state index in [-0.39, 0.29) is 0 Å². The van der Waals surface area contributed by atoms with E-state index in [0.717, 1.165) is 33.1 Å². The van der Waals surface area contributed by atoms with Crippen LogP contribution in [0.25, 0.3) is 22.6 Å². The number of hydrogen-bond donors (Lipinski definition) is 2. The predicted octanol–water partition coefficient (Wildman–Crippen LogP) is 2.58. The summed E-state index contributed by atoms with van der Waals surface area (Å²) in [4.78, 5) is 11.9. The molecule has 3 N–H and O–H groups in total. The maximum atomic E-state index is 5.86. The molecule has 0 atom stereocenters. The summed E-state index contributed by atoms with van der Waals surface area (Å²) in [6.07, 6.45) is 1.81. The van der Waals surface area contributed by atoms with Crippen molar-refractivity contribution in [1.82, 2.24) is 15.0 Å². The molecule has 0 unspecified atom stereocenters. The Bertz CT molecular complexity index is 653. The Labute approximate surface area is 96.2 Å². The summed E-state index contributed by atoms with van der Waals surface area (Å²) in [6, 6.07) is 3.99. The number of nitrogens with zero attached hydrogens (tertiary/aromatic N) is 2. The average Bonchev–Trinajstić information content (AvgIpc) is 2.82. The second-order valence-corrected chi connectivity index (χ2v) is 4.62. The van der Waals surface area contributed by atoms with Gasteiger partial charge in [-0.15, -0.1) is 11.3 Å². The molecule has 0 aliphatic rings. The quantitative estimate of drug-likeness (QED) is 0.675. The number of fused-ring (bicyclic) bond motifs is 1. The SMILES string of the molecule is Cc1cnc2nc(-c3ccsc3N)[nH]c2c1. The Morgan fingerprint density at radius 1 is 1.44 bits per heavy atom. The van der Waals surface area contributed by atoms with Crippen LogP contribution in [0.3, 0.4) is 0 Å². The minimum absolute atomic E-state index is 0.728. The molecular formula is C11H10N4S. The number of anilines is 1. The maximum absolute atomic E-state index is 5.86. The first-order valence-corrected chi connectivity index (χ1v) is 5.78. The van der Waals surface area contributed by atoms with Crippen LogP contribution in [0.15, 0.2) is 23.7 Å². The smallest absolute Gasteiger partial charge is 0.178 e. The van der Waals surface area contributed by atoms with E-state index in [1.54, 1.807) is 0 Å². The van der Waals surface area contributed by atoms with Crippen LogP contribution in [0.5, 0.6) is 0 Å². The largest absolute Gasteiger partial charge is 0.390 e. The number of nitrogen functional groups attached to an aromatic ring is 1. The molecule has 80 valence electrons. The van der Waals surface area contributed by atoms with Crippen LogP contribution in [-0.4, -0.2) is 15.0 Å². The van der Waals surface area contributed by atoms with Crippen molar-refractivity contribution in [2.24, 2.45) is 0 Å². The van der Waals surface area contributed by atoms with Crippen LogP contribution in [0, 0.1) is 6.92 Å². The molecule has 3 aromatic rings. The Hall–Kier alpha value is -1.88. The number of aromatic nitrogens is 3. The Kier molecular flexibility index (Phi) is 1.94. The standard InChI is InChI=1S/C11H10N4S/c1-6-4-8-11(13-5-6)15-10(14-8)7-2-3-16-9(7)12/h2-5H,12H2,1H3,(H,13,14,15). The lowest BCUT2D eigenvalue weighted by Crippen LogP contribution is -1.84. The minimum atomic E-state index is 0.728. The molecule has 16 heavy (non-hydrogen) atoms. The molecule has 0 aromatic carbocycles. The lowest BCUT2D eigenvalue weighted by Gasteiger charge is -1.92. The van der Waals surface area contributed by atoms with E-state index in [4.69, 9.17) is 5.73 Å². The lowest BCUT2D eigenvalue weighted by molar-refractivity contribution is 1.28. The first-order valence-electron chi connectivity index (χ1n) is 4.90. The van der Waals surface area contributed by atoms with Crippen LogP contribution in [0.1, 0.15) is 5.56 Å². The molecule has 4 nitrogen and oxygen atoms in total. The van der Waals surface area contributed by atoms with E-state index < -0.39 is 0 Å². The predicted molar refractivity (Wildman–Crippen MR) is 66.4 cm³/mol. The zero-order valence-corrected chi connectivity index (χ0v) is 9.51. The fourth-order valence-corrected chi connectivity index (χ4v) is 2.29. The van der Waals surface area contributed by atoms with E-state index in [0.29, 0.717) is 0 Å². The number of H-pyrrole nitrogens is 1. The highest BCUT2D eigenvalue weighted by atomic mass is 32.1. The molecule has 0 amide bonds. The molecule has 0 radical (unpaired) electrons. The van der Waals surface area contributed by atoms with Crippen molar-refractivity contribution < 1.29 is 0 Å². The van der Waals surface area contributed by atoms with Gasteiger partial charge in [0.1, 0.15) is 5.82 Å². The fraction of sp³-hybridized carbons (Fsp3) is 0.0909. The normalized spacial score (nSPS) is 11.1. The van der Waals surface area contributed by atoms with Gasteiger partial charge >= 0.3 is 0 Å². The summed E-state index contributed by atoms with van der Waals surface area (Å²) in [7, 11) is 0. The number of nitrogens with two attached hydrogens (primary N) is 1. The van der Waals surface area contributed by atoms with Crippen LogP contribution in [-0.2, 0) is 0 Å². The molecule has 0 spiro atoms. The van der Waals surface area contributed by atoms with Crippen molar-refractivity contribution in [3.8, 4) is 11.4 Å². The zero-order valence-electron chi connectivity index (χ0n) is 8.69. The molecule has 3 heterocycles. The van der Waals surface area contributed by atoms with Gasteiger partial charge in [0.25, 0.3) is 0 Å². The molecule has 5 heteroatoms. The third kappa shape index (κ3) is 1.37. The highest BCUT2D eigenvalue weighted by molar-refractivity contribution is 7.14. The van der Waals surface area contributed by atoms with Gasteiger partial charge in [-0.2, -0.15) is 0 Å². The summed E-state index contributed by atoms with van der Waals surface area (Å²) < 4.78 is 0. The third-order valence-electron chi connectivity index (χ3n) is 2.42. The number of rotatable bonds is 1. The van der Waals surface area contributed by atoms with Gasteiger partial charge in [-0.1, -0.05) is 0 Å². The number of aromatic amines is 1. The first-order chi connectivity index (χ1) is 7.74. The molecule has 0 bridgehead atoms. The molecular weight excluding hydrogens is 220 g/mol. The highest BCUT2D eigenvalue weighted by Crippen LogP contribution is 2.29. The first kappa shape index (κ1) is 9.35. The number of nitrogens with one attached hydrogen (secondary N) is 1. The van der Waals surface area contributed by atoms with E-state index in [1.165, 1.54) is 11.3 Å². The zero-order chi connectivity index (χ0) is 11.1. The van der Waals surface area contributed by atoms with Gasteiger partial charge in [0.15, 0.2) is 5.65 Å². The van der Waals surface area contributed by atoms with Crippen LogP contribution in [0.4, 0.5) is 5.00 Å². The third-order valence-corrected chi connectivity index (χ3v) is 3.17.